The summed E-state index contributed by atoms with van der Waals surface area (Å²) in [4.78, 5) is 32.8. The number of nitrogens with zero attached hydrogens (tertiary/aromatic N) is 4. The van der Waals surface area contributed by atoms with Gasteiger partial charge < -0.3 is 14.5 Å². The number of aromatic nitrogens is 1. The van der Waals surface area contributed by atoms with E-state index in [1.165, 1.54) is 21.6 Å². The second-order valence-electron chi connectivity index (χ2n) is 9.60. The van der Waals surface area contributed by atoms with E-state index in [1.807, 2.05) is 24.3 Å². The average molecular weight is 546 g/mol. The lowest BCUT2D eigenvalue weighted by Crippen LogP contribution is -2.57. The molecule has 2 fully saturated rings. The van der Waals surface area contributed by atoms with Crippen LogP contribution < -0.4 is 15.1 Å². The van der Waals surface area contributed by atoms with Gasteiger partial charge in [-0.1, -0.05) is 13.3 Å². The van der Waals surface area contributed by atoms with Crippen molar-refractivity contribution in [2.75, 3.05) is 50.8 Å². The van der Waals surface area contributed by atoms with E-state index in [9.17, 15) is 23.2 Å². The molecule has 2 aromatic rings. The number of piperidine rings is 1. The Kier molecular flexibility index (Phi) is 9.18. The first kappa shape index (κ1) is 27.8. The summed E-state index contributed by atoms with van der Waals surface area (Å²) in [5.74, 6) is -1.12. The van der Waals surface area contributed by atoms with Gasteiger partial charge in [0, 0.05) is 62.9 Å². The molecule has 1 aromatic carbocycles. The summed E-state index contributed by atoms with van der Waals surface area (Å²) in [6.07, 6.45) is 5.06. The van der Waals surface area contributed by atoms with Crippen molar-refractivity contribution in [1.29, 1.82) is 0 Å². The Labute approximate surface area is 223 Å². The molecule has 2 N–H and O–H groups in total. The van der Waals surface area contributed by atoms with E-state index in [0.717, 1.165) is 24.3 Å². The molecule has 3 heterocycles. The minimum absolute atomic E-state index is 0.0193. The number of sulfonamides is 1. The highest BCUT2D eigenvalue weighted by Crippen LogP contribution is 2.28. The van der Waals surface area contributed by atoms with Crippen molar-refractivity contribution in [3.05, 3.63) is 54.4 Å². The molecule has 4 rings (SSSR count). The highest BCUT2D eigenvalue weighted by atomic mass is 32.2. The topological polar surface area (TPSA) is 132 Å². The molecule has 2 atom stereocenters. The fourth-order valence-corrected chi connectivity index (χ4v) is 6.83. The Morgan fingerprint density at radius 1 is 1.05 bits per heavy atom. The van der Waals surface area contributed by atoms with E-state index in [4.69, 9.17) is 4.74 Å². The molecule has 2 aliphatic heterocycles. The number of unbranched alkanes of at least 4 members (excludes halogenated alkanes) is 1. The lowest BCUT2D eigenvalue weighted by Gasteiger charge is -2.41. The number of likely N-dealkylation sites (tertiary alicyclic amines) is 1. The lowest BCUT2D eigenvalue weighted by molar-refractivity contribution is -0.134. The number of benzene rings is 1. The van der Waals surface area contributed by atoms with Gasteiger partial charge in [0.15, 0.2) is 0 Å². The van der Waals surface area contributed by atoms with Gasteiger partial charge in [-0.3, -0.25) is 19.8 Å². The number of nitrogens with one attached hydrogen (secondary N) is 1. The number of pyridine rings is 1. The molecule has 11 nitrogen and oxygen atoms in total. The van der Waals surface area contributed by atoms with Crippen molar-refractivity contribution in [1.82, 2.24) is 19.7 Å². The van der Waals surface area contributed by atoms with Crippen LogP contribution in [-0.2, 0) is 14.8 Å². The number of hydrogen-bond acceptors (Lipinski definition) is 8. The maximum atomic E-state index is 13.7. The Morgan fingerprint density at radius 3 is 2.37 bits per heavy atom. The molecule has 206 valence electrons. The Hall–Kier alpha value is -3.22. The van der Waals surface area contributed by atoms with Gasteiger partial charge in [0.2, 0.25) is 15.9 Å². The van der Waals surface area contributed by atoms with Crippen LogP contribution >= 0.6 is 0 Å². The monoisotopic (exact) mass is 545 g/mol. The molecule has 2 saturated heterocycles. The summed E-state index contributed by atoms with van der Waals surface area (Å²) in [5.41, 5.74) is 2.97. The van der Waals surface area contributed by atoms with Gasteiger partial charge in [0.05, 0.1) is 17.8 Å². The molecule has 2 amide bonds. The summed E-state index contributed by atoms with van der Waals surface area (Å²) in [5, 5.41) is 8.23. The third-order valence-electron chi connectivity index (χ3n) is 7.10. The first-order valence-electron chi connectivity index (χ1n) is 12.9. The van der Waals surface area contributed by atoms with Crippen molar-refractivity contribution < 1.29 is 28.0 Å². The van der Waals surface area contributed by atoms with Crippen LogP contribution in [0.25, 0.3) is 0 Å². The second-order valence-corrected chi connectivity index (χ2v) is 11.8. The molecule has 12 heteroatoms. The zero-order chi connectivity index (χ0) is 27.1. The van der Waals surface area contributed by atoms with E-state index in [1.54, 1.807) is 17.6 Å². The van der Waals surface area contributed by atoms with Crippen LogP contribution in [0.1, 0.15) is 36.5 Å². The van der Waals surface area contributed by atoms with Crippen molar-refractivity contribution >= 4 is 27.5 Å². The molecule has 0 radical (unpaired) electrons. The van der Waals surface area contributed by atoms with Crippen LogP contribution in [-0.4, -0.2) is 90.8 Å². The number of rotatable bonds is 9. The third kappa shape index (κ3) is 6.43. The van der Waals surface area contributed by atoms with Crippen molar-refractivity contribution in [2.45, 2.75) is 31.4 Å². The van der Waals surface area contributed by atoms with E-state index in [0.29, 0.717) is 38.3 Å². The van der Waals surface area contributed by atoms with E-state index in [2.05, 4.69) is 16.8 Å². The summed E-state index contributed by atoms with van der Waals surface area (Å²) < 4.78 is 34.5. The van der Waals surface area contributed by atoms with Gasteiger partial charge in [-0.2, -0.15) is 4.31 Å². The summed E-state index contributed by atoms with van der Waals surface area (Å²) in [6, 6.07) is 10.9. The lowest BCUT2D eigenvalue weighted by atomic mass is 9.96. The maximum absolute atomic E-state index is 13.7. The number of anilines is 1. The van der Waals surface area contributed by atoms with Crippen molar-refractivity contribution in [3.8, 4) is 5.75 Å². The molecule has 0 spiro atoms. The number of amides is 2. The Balaban J connectivity index is 1.42. The largest absolute Gasteiger partial charge is 0.494 e. The number of carbonyl (C=O) groups excluding carboxylic acids is 2. The fraction of sp³-hybridized carbons (Fsp3) is 0.500. The fourth-order valence-electron chi connectivity index (χ4n) is 4.89. The predicted octanol–water partition coefficient (Wildman–Crippen LogP) is 1.75. The highest BCUT2D eigenvalue weighted by Gasteiger charge is 2.43. The van der Waals surface area contributed by atoms with Gasteiger partial charge >= 0.3 is 0 Å². The number of carbonyl (C=O) groups is 2. The normalized spacial score (nSPS) is 20.7. The quantitative estimate of drug-likeness (QED) is 0.277. The van der Waals surface area contributed by atoms with Crippen LogP contribution in [0.5, 0.6) is 5.75 Å². The van der Waals surface area contributed by atoms with Gasteiger partial charge in [0.25, 0.3) is 5.91 Å². The van der Waals surface area contributed by atoms with Crippen LogP contribution in [0.4, 0.5) is 5.69 Å². The molecule has 0 aliphatic carbocycles. The highest BCUT2D eigenvalue weighted by molar-refractivity contribution is 7.89. The second kappa shape index (κ2) is 12.5. The molecule has 2 unspecified atom stereocenters. The summed E-state index contributed by atoms with van der Waals surface area (Å²) in [7, 11) is -3.81. The van der Waals surface area contributed by atoms with Crippen LogP contribution in [0.2, 0.25) is 0 Å². The third-order valence-corrected chi connectivity index (χ3v) is 9.36. The van der Waals surface area contributed by atoms with E-state index >= 15 is 0 Å². The van der Waals surface area contributed by atoms with Gasteiger partial charge in [-0.05, 0) is 49.2 Å². The maximum Gasteiger partial charge on any atom is 0.254 e. The molecule has 1 aromatic heterocycles. The molecule has 0 saturated carbocycles. The van der Waals surface area contributed by atoms with Crippen molar-refractivity contribution in [3.63, 3.8) is 0 Å². The molecule has 2 aliphatic rings. The van der Waals surface area contributed by atoms with E-state index in [-0.39, 0.29) is 25.4 Å². The average Bonchev–Trinajstić information content (AvgIpc) is 2.97. The SMILES string of the molecule is CCCCOc1ccc(N2CCN(S(=O)(=O)C3CC(C(=O)NO)CN(C(=O)c4ccncc4)C3)CC2)cc1. The van der Waals surface area contributed by atoms with Gasteiger partial charge in [0.1, 0.15) is 5.75 Å². The molecule has 38 heavy (non-hydrogen) atoms. The Morgan fingerprint density at radius 2 is 1.74 bits per heavy atom. The van der Waals surface area contributed by atoms with Crippen LogP contribution in [0, 0.1) is 5.92 Å². The minimum Gasteiger partial charge on any atom is -0.494 e. The number of hydrogen-bond donors (Lipinski definition) is 2. The van der Waals surface area contributed by atoms with Gasteiger partial charge in [-0.15, -0.1) is 0 Å². The molecular formula is C26H35N5O6S. The predicted molar refractivity (Wildman–Crippen MR) is 142 cm³/mol. The smallest absolute Gasteiger partial charge is 0.254 e. The van der Waals surface area contributed by atoms with Gasteiger partial charge in [-0.25, -0.2) is 13.9 Å². The number of piperazine rings is 1. The molecule has 0 bridgehead atoms. The zero-order valence-corrected chi connectivity index (χ0v) is 22.3. The van der Waals surface area contributed by atoms with Crippen LogP contribution in [0.15, 0.2) is 48.8 Å². The summed E-state index contributed by atoms with van der Waals surface area (Å²) >= 11 is 0. The standard InChI is InChI=1S/C26H35N5O6S/c1-2-3-16-37-23-6-4-22(5-7-23)29-12-14-31(15-13-29)38(35,36)24-17-21(25(32)28-34)18-30(19-24)26(33)20-8-10-27-11-9-20/h4-11,21,24,34H,2-3,12-19H2,1H3,(H,28,32). The van der Waals surface area contributed by atoms with Crippen LogP contribution in [0.3, 0.4) is 0 Å². The summed E-state index contributed by atoms with van der Waals surface area (Å²) in [6.45, 7) is 4.41. The molecular weight excluding hydrogens is 510 g/mol. The number of hydroxylamine groups is 1. The minimum atomic E-state index is -3.81. The first-order chi connectivity index (χ1) is 18.3. The van der Waals surface area contributed by atoms with E-state index < -0.39 is 27.1 Å². The first-order valence-corrected chi connectivity index (χ1v) is 14.4. The zero-order valence-electron chi connectivity index (χ0n) is 21.5. The Bertz CT molecular complexity index is 1190. The van der Waals surface area contributed by atoms with Crippen molar-refractivity contribution in [2.24, 2.45) is 5.92 Å². The number of ether oxygens (including phenoxy) is 1.